The molecule has 160 valence electrons. The zero-order valence-corrected chi connectivity index (χ0v) is 20.2. The van der Waals surface area contributed by atoms with Crippen molar-refractivity contribution in [1.82, 2.24) is 44.1 Å². The summed E-state index contributed by atoms with van der Waals surface area (Å²) in [5.74, 6) is 0.561. The Labute approximate surface area is 194 Å². The van der Waals surface area contributed by atoms with Crippen LogP contribution in [0.15, 0.2) is 29.1 Å². The standard InChI is InChI=1S/C21H18BrN9S/c1-10-7-11(2)24-21-15(10)17-18(32-21)20-25-19(28-30(20)8-23-17)14-5-6-29(27-14)9-31-13(4)16(22)12(3)26-31/h5-8H,9H2,1-4H3. The van der Waals surface area contributed by atoms with Gasteiger partial charge in [-0.25, -0.2) is 24.1 Å². The predicted molar refractivity (Wildman–Crippen MR) is 127 cm³/mol. The van der Waals surface area contributed by atoms with Crippen molar-refractivity contribution in [2.24, 2.45) is 0 Å². The number of pyridine rings is 1. The summed E-state index contributed by atoms with van der Waals surface area (Å²) >= 11 is 5.17. The average Bonchev–Trinajstić information content (AvgIpc) is 3.50. The Balaban J connectivity index is 1.43. The highest BCUT2D eigenvalue weighted by Gasteiger charge is 2.18. The maximum atomic E-state index is 4.80. The summed E-state index contributed by atoms with van der Waals surface area (Å²) in [6, 6.07) is 4.00. The molecule has 0 aromatic carbocycles. The normalized spacial score (nSPS) is 12.0. The molecule has 6 aromatic rings. The van der Waals surface area contributed by atoms with E-state index in [9.17, 15) is 0 Å². The molecule has 11 heteroatoms. The van der Waals surface area contributed by atoms with Crippen LogP contribution in [-0.4, -0.2) is 44.1 Å². The van der Waals surface area contributed by atoms with Gasteiger partial charge in [0.05, 0.1) is 21.4 Å². The van der Waals surface area contributed by atoms with Crippen LogP contribution in [0.25, 0.3) is 37.6 Å². The molecular formula is C21H18BrN9S. The number of aromatic nitrogens is 9. The number of nitrogens with zero attached hydrogens (tertiary/aromatic N) is 9. The van der Waals surface area contributed by atoms with Gasteiger partial charge in [0.25, 0.3) is 0 Å². The van der Waals surface area contributed by atoms with Crippen LogP contribution in [0.1, 0.15) is 22.6 Å². The van der Waals surface area contributed by atoms with Crippen molar-refractivity contribution >= 4 is 53.3 Å². The van der Waals surface area contributed by atoms with E-state index >= 15 is 0 Å². The summed E-state index contributed by atoms with van der Waals surface area (Å²) in [7, 11) is 0. The molecule has 6 rings (SSSR count). The van der Waals surface area contributed by atoms with E-state index in [0.717, 1.165) is 47.6 Å². The Bertz CT molecular complexity index is 1670. The second-order valence-electron chi connectivity index (χ2n) is 7.85. The van der Waals surface area contributed by atoms with Gasteiger partial charge in [0, 0.05) is 17.3 Å². The van der Waals surface area contributed by atoms with Crippen molar-refractivity contribution in [3.8, 4) is 11.5 Å². The number of rotatable bonds is 3. The molecule has 0 unspecified atom stereocenters. The number of hydrogen-bond donors (Lipinski definition) is 0. The Morgan fingerprint density at radius 1 is 1.06 bits per heavy atom. The molecule has 0 aliphatic carbocycles. The first-order valence-electron chi connectivity index (χ1n) is 10.0. The van der Waals surface area contributed by atoms with Gasteiger partial charge >= 0.3 is 0 Å². The van der Waals surface area contributed by atoms with Crippen molar-refractivity contribution < 1.29 is 0 Å². The van der Waals surface area contributed by atoms with E-state index in [1.165, 1.54) is 5.56 Å². The van der Waals surface area contributed by atoms with E-state index in [2.05, 4.69) is 49.2 Å². The van der Waals surface area contributed by atoms with Crippen LogP contribution in [0.2, 0.25) is 0 Å². The topological polar surface area (TPSA) is 91.6 Å². The molecule has 0 aliphatic rings. The lowest BCUT2D eigenvalue weighted by Gasteiger charge is -2.04. The second kappa shape index (κ2) is 6.91. The van der Waals surface area contributed by atoms with E-state index in [1.807, 2.05) is 42.4 Å². The number of halogens is 1. The van der Waals surface area contributed by atoms with Gasteiger partial charge in [-0.2, -0.15) is 10.2 Å². The molecule has 9 nitrogen and oxygen atoms in total. The lowest BCUT2D eigenvalue weighted by Crippen LogP contribution is -2.11. The minimum atomic E-state index is 0.512. The van der Waals surface area contributed by atoms with E-state index < -0.39 is 0 Å². The van der Waals surface area contributed by atoms with Crippen molar-refractivity contribution in [2.75, 3.05) is 0 Å². The summed E-state index contributed by atoms with van der Waals surface area (Å²) in [5.41, 5.74) is 6.57. The Morgan fingerprint density at radius 2 is 1.91 bits per heavy atom. The van der Waals surface area contributed by atoms with Crippen LogP contribution in [0.5, 0.6) is 0 Å². The van der Waals surface area contributed by atoms with Gasteiger partial charge in [0.15, 0.2) is 5.65 Å². The largest absolute Gasteiger partial charge is 0.250 e. The zero-order valence-electron chi connectivity index (χ0n) is 17.8. The second-order valence-corrected chi connectivity index (χ2v) is 9.65. The fourth-order valence-electron chi connectivity index (χ4n) is 3.99. The quantitative estimate of drug-likeness (QED) is 0.351. The summed E-state index contributed by atoms with van der Waals surface area (Å²) in [5, 5.41) is 14.9. The van der Waals surface area contributed by atoms with E-state index in [0.29, 0.717) is 18.2 Å². The minimum Gasteiger partial charge on any atom is -0.250 e. The maximum absolute atomic E-state index is 4.80. The summed E-state index contributed by atoms with van der Waals surface area (Å²) in [6.07, 6.45) is 3.62. The highest BCUT2D eigenvalue weighted by atomic mass is 79.9. The molecule has 6 aromatic heterocycles. The highest BCUT2D eigenvalue weighted by molar-refractivity contribution is 9.10. The number of hydrogen-bond acceptors (Lipinski definition) is 7. The zero-order chi connectivity index (χ0) is 22.1. The van der Waals surface area contributed by atoms with Gasteiger partial charge in [-0.1, -0.05) is 0 Å². The lowest BCUT2D eigenvalue weighted by atomic mass is 10.1. The number of fused-ring (bicyclic) bond motifs is 5. The summed E-state index contributed by atoms with van der Waals surface area (Å²) in [6.45, 7) is 8.62. The minimum absolute atomic E-state index is 0.512. The van der Waals surface area contributed by atoms with E-state index in [4.69, 9.17) is 9.97 Å². The monoisotopic (exact) mass is 507 g/mol. The summed E-state index contributed by atoms with van der Waals surface area (Å²) < 4.78 is 7.46. The van der Waals surface area contributed by atoms with Crippen molar-refractivity contribution in [3.63, 3.8) is 0 Å². The first kappa shape index (κ1) is 19.5. The molecule has 0 bridgehead atoms. The van der Waals surface area contributed by atoms with Gasteiger partial charge in [0.1, 0.15) is 28.2 Å². The fraction of sp³-hybridized carbons (Fsp3) is 0.238. The average molecular weight is 508 g/mol. The Hall–Kier alpha value is -3.18. The van der Waals surface area contributed by atoms with Gasteiger partial charge in [-0.05, 0) is 61.3 Å². The van der Waals surface area contributed by atoms with Crippen LogP contribution in [-0.2, 0) is 6.67 Å². The molecule has 0 saturated heterocycles. The number of aryl methyl sites for hydroxylation is 3. The van der Waals surface area contributed by atoms with Crippen LogP contribution in [0.3, 0.4) is 0 Å². The highest BCUT2D eigenvalue weighted by Crippen LogP contribution is 2.35. The van der Waals surface area contributed by atoms with Gasteiger partial charge in [-0.15, -0.1) is 16.4 Å². The smallest absolute Gasteiger partial charge is 0.202 e. The van der Waals surface area contributed by atoms with E-state index in [-0.39, 0.29) is 0 Å². The van der Waals surface area contributed by atoms with Crippen molar-refractivity contribution in [3.05, 3.63) is 51.8 Å². The van der Waals surface area contributed by atoms with Gasteiger partial charge < -0.3 is 0 Å². The van der Waals surface area contributed by atoms with Crippen molar-refractivity contribution in [1.29, 1.82) is 0 Å². The first-order chi connectivity index (χ1) is 15.4. The predicted octanol–water partition coefficient (Wildman–Crippen LogP) is 4.45. The number of thiophene rings is 1. The molecule has 0 radical (unpaired) electrons. The summed E-state index contributed by atoms with van der Waals surface area (Å²) in [4.78, 5) is 15.1. The SMILES string of the molecule is Cc1cc(C)c2c(n1)sc1c2ncn2nc(-c3ccn(Cn4nc(C)c(Br)c4C)n3)nc12. The Morgan fingerprint density at radius 3 is 2.69 bits per heavy atom. The van der Waals surface area contributed by atoms with Crippen molar-refractivity contribution in [2.45, 2.75) is 34.4 Å². The first-order valence-corrected chi connectivity index (χ1v) is 11.6. The lowest BCUT2D eigenvalue weighted by molar-refractivity contribution is 0.492. The third-order valence-corrected chi connectivity index (χ3v) is 7.75. The molecule has 0 amide bonds. The molecule has 0 fully saturated rings. The van der Waals surface area contributed by atoms with Crippen LogP contribution in [0, 0.1) is 27.7 Å². The molecule has 0 aliphatic heterocycles. The maximum Gasteiger partial charge on any atom is 0.202 e. The molecule has 6 heterocycles. The molecule has 0 spiro atoms. The molecule has 0 atom stereocenters. The Kier molecular flexibility index (Phi) is 4.21. The molecule has 32 heavy (non-hydrogen) atoms. The third-order valence-electron chi connectivity index (χ3n) is 5.53. The van der Waals surface area contributed by atoms with Gasteiger partial charge in [-0.3, -0.25) is 4.68 Å². The van der Waals surface area contributed by atoms with Crippen LogP contribution >= 0.6 is 27.3 Å². The molecular weight excluding hydrogens is 490 g/mol. The van der Waals surface area contributed by atoms with Crippen LogP contribution < -0.4 is 0 Å². The van der Waals surface area contributed by atoms with Gasteiger partial charge in [0.2, 0.25) is 5.82 Å². The van der Waals surface area contributed by atoms with E-state index in [1.54, 1.807) is 22.2 Å². The van der Waals surface area contributed by atoms with Crippen LogP contribution in [0.4, 0.5) is 0 Å². The molecule has 0 saturated carbocycles. The fourth-order valence-corrected chi connectivity index (χ4v) is 5.50. The third kappa shape index (κ3) is 2.88. The molecule has 0 N–H and O–H groups in total.